The first-order valence-electron chi connectivity index (χ1n) is 4.23. The lowest BCUT2D eigenvalue weighted by Crippen LogP contribution is -2.04. The molecular weight excluding hydrogens is 186 g/mol. The number of rotatable bonds is 3. The van der Waals surface area contributed by atoms with Crippen LogP contribution in [0.3, 0.4) is 0 Å². The smallest absolute Gasteiger partial charge is 0.115 e. The van der Waals surface area contributed by atoms with Crippen molar-refractivity contribution in [3.8, 4) is 5.75 Å². The third-order valence-electron chi connectivity index (χ3n) is 2.06. The number of nitrogens with two attached hydrogens (primary N) is 1. The second kappa shape index (κ2) is 5.84. The Bertz CT molecular complexity index is 235. The molecule has 3 heteroatoms. The van der Waals surface area contributed by atoms with Crippen molar-refractivity contribution in [2.24, 2.45) is 5.73 Å². The summed E-state index contributed by atoms with van der Waals surface area (Å²) >= 11 is 0. The molecule has 13 heavy (non-hydrogen) atoms. The van der Waals surface area contributed by atoms with Crippen LogP contribution >= 0.6 is 12.4 Å². The minimum absolute atomic E-state index is 0. The Kier molecular flexibility index (Phi) is 5.51. The zero-order valence-corrected chi connectivity index (χ0v) is 8.55. The summed E-state index contributed by atoms with van der Waals surface area (Å²) in [5.41, 5.74) is 6.68. The summed E-state index contributed by atoms with van der Waals surface area (Å²) in [7, 11) is 0. The first kappa shape index (κ1) is 12.3. The zero-order valence-electron chi connectivity index (χ0n) is 7.73. The lowest BCUT2D eigenvalue weighted by atomic mass is 9.98. The summed E-state index contributed by atoms with van der Waals surface area (Å²) in [6.07, 6.45) is 0.991. The Hall–Kier alpha value is -0.730. The number of phenols is 1. The number of hydrogen-bond acceptors (Lipinski definition) is 2. The number of phenolic OH excluding ortho intramolecular Hbond substituents is 1. The number of halogens is 1. The first-order valence-corrected chi connectivity index (χ1v) is 4.23. The molecule has 1 aromatic rings. The van der Waals surface area contributed by atoms with Gasteiger partial charge in [-0.2, -0.15) is 0 Å². The molecule has 1 unspecified atom stereocenters. The van der Waals surface area contributed by atoms with E-state index in [0.29, 0.717) is 18.2 Å². The van der Waals surface area contributed by atoms with Crippen molar-refractivity contribution in [1.82, 2.24) is 0 Å². The third-order valence-corrected chi connectivity index (χ3v) is 2.06. The van der Waals surface area contributed by atoms with Crippen molar-refractivity contribution < 1.29 is 5.11 Å². The van der Waals surface area contributed by atoms with Crippen molar-refractivity contribution in [3.05, 3.63) is 29.8 Å². The second-order valence-electron chi connectivity index (χ2n) is 3.07. The fourth-order valence-electron chi connectivity index (χ4n) is 1.22. The normalized spacial score (nSPS) is 11.8. The molecule has 0 fully saturated rings. The van der Waals surface area contributed by atoms with Gasteiger partial charge in [-0.3, -0.25) is 0 Å². The maximum Gasteiger partial charge on any atom is 0.115 e. The molecule has 74 valence electrons. The topological polar surface area (TPSA) is 46.2 Å². The van der Waals surface area contributed by atoms with Crippen molar-refractivity contribution in [2.45, 2.75) is 19.3 Å². The molecule has 0 heterocycles. The largest absolute Gasteiger partial charge is 0.508 e. The fraction of sp³-hybridized carbons (Fsp3) is 0.400. The quantitative estimate of drug-likeness (QED) is 0.788. The van der Waals surface area contributed by atoms with Crippen molar-refractivity contribution >= 4 is 12.4 Å². The summed E-state index contributed by atoms with van der Waals surface area (Å²) in [4.78, 5) is 0. The van der Waals surface area contributed by atoms with Crippen LogP contribution in [-0.4, -0.2) is 11.7 Å². The standard InChI is InChI=1S/C10H15NO.ClH/c1-8(6-7-11)9-2-4-10(12)5-3-9;/h2-5,8,12H,6-7,11H2,1H3;1H. The predicted octanol–water partition coefficient (Wildman–Crippen LogP) is 2.27. The second-order valence-corrected chi connectivity index (χ2v) is 3.07. The van der Waals surface area contributed by atoms with E-state index in [1.807, 2.05) is 12.1 Å². The van der Waals surface area contributed by atoms with Gasteiger partial charge in [-0.05, 0) is 36.6 Å². The van der Waals surface area contributed by atoms with Gasteiger partial charge in [-0.15, -0.1) is 12.4 Å². The van der Waals surface area contributed by atoms with Gasteiger partial charge >= 0.3 is 0 Å². The van der Waals surface area contributed by atoms with E-state index < -0.39 is 0 Å². The molecule has 0 saturated carbocycles. The van der Waals surface area contributed by atoms with Crippen LogP contribution in [0.15, 0.2) is 24.3 Å². The molecule has 3 N–H and O–H groups in total. The van der Waals surface area contributed by atoms with E-state index in [1.165, 1.54) is 5.56 Å². The molecule has 0 aliphatic carbocycles. The van der Waals surface area contributed by atoms with E-state index in [4.69, 9.17) is 10.8 Å². The van der Waals surface area contributed by atoms with Crippen LogP contribution in [-0.2, 0) is 0 Å². The average Bonchev–Trinajstić information content (AvgIpc) is 2.06. The highest BCUT2D eigenvalue weighted by Gasteiger charge is 2.02. The predicted molar refractivity (Wildman–Crippen MR) is 57.4 cm³/mol. The van der Waals surface area contributed by atoms with Crippen LogP contribution in [0, 0.1) is 0 Å². The Labute approximate surface area is 85.2 Å². The summed E-state index contributed by atoms with van der Waals surface area (Å²) in [5.74, 6) is 0.800. The molecule has 0 aliphatic rings. The molecule has 0 bridgehead atoms. The summed E-state index contributed by atoms with van der Waals surface area (Å²) < 4.78 is 0. The van der Waals surface area contributed by atoms with E-state index >= 15 is 0 Å². The van der Waals surface area contributed by atoms with E-state index in [0.717, 1.165) is 6.42 Å². The SMILES string of the molecule is CC(CCN)c1ccc(O)cc1.Cl. The fourth-order valence-corrected chi connectivity index (χ4v) is 1.22. The molecule has 0 saturated heterocycles. The van der Waals surface area contributed by atoms with Crippen molar-refractivity contribution in [3.63, 3.8) is 0 Å². The Morgan fingerprint density at radius 1 is 1.31 bits per heavy atom. The lowest BCUT2D eigenvalue weighted by molar-refractivity contribution is 0.475. The molecule has 0 aromatic heterocycles. The number of aromatic hydroxyl groups is 1. The van der Waals surface area contributed by atoms with Gasteiger partial charge in [0.1, 0.15) is 5.75 Å². The van der Waals surface area contributed by atoms with Crippen molar-refractivity contribution in [2.75, 3.05) is 6.54 Å². The van der Waals surface area contributed by atoms with Gasteiger partial charge in [-0.25, -0.2) is 0 Å². The molecule has 0 radical (unpaired) electrons. The molecule has 1 rings (SSSR count). The van der Waals surface area contributed by atoms with E-state index in [9.17, 15) is 0 Å². The minimum Gasteiger partial charge on any atom is -0.508 e. The van der Waals surface area contributed by atoms with E-state index in [1.54, 1.807) is 12.1 Å². The molecule has 0 amide bonds. The number of benzene rings is 1. The van der Waals surface area contributed by atoms with Gasteiger partial charge in [0.15, 0.2) is 0 Å². The summed E-state index contributed by atoms with van der Waals surface area (Å²) in [5, 5.41) is 9.04. The van der Waals surface area contributed by atoms with Gasteiger partial charge in [0.05, 0.1) is 0 Å². The minimum atomic E-state index is 0. The molecule has 1 aromatic carbocycles. The van der Waals surface area contributed by atoms with Crippen LogP contribution in [0.4, 0.5) is 0 Å². The molecule has 2 nitrogen and oxygen atoms in total. The first-order chi connectivity index (χ1) is 5.74. The zero-order chi connectivity index (χ0) is 8.97. The van der Waals surface area contributed by atoms with Gasteiger partial charge < -0.3 is 10.8 Å². The maximum absolute atomic E-state index is 9.04. The Morgan fingerprint density at radius 2 is 1.85 bits per heavy atom. The average molecular weight is 202 g/mol. The van der Waals surface area contributed by atoms with Gasteiger partial charge in [0.25, 0.3) is 0 Å². The van der Waals surface area contributed by atoms with Gasteiger partial charge in [0, 0.05) is 0 Å². The van der Waals surface area contributed by atoms with Gasteiger partial charge in [-0.1, -0.05) is 19.1 Å². The highest BCUT2D eigenvalue weighted by atomic mass is 35.5. The van der Waals surface area contributed by atoms with Crippen LogP contribution in [0.5, 0.6) is 5.75 Å². The molecular formula is C10H16ClNO. The molecule has 0 aliphatic heterocycles. The van der Waals surface area contributed by atoms with E-state index in [2.05, 4.69) is 6.92 Å². The third kappa shape index (κ3) is 3.66. The monoisotopic (exact) mass is 201 g/mol. The van der Waals surface area contributed by atoms with Crippen molar-refractivity contribution in [1.29, 1.82) is 0 Å². The van der Waals surface area contributed by atoms with Crippen LogP contribution < -0.4 is 5.73 Å². The molecule has 1 atom stereocenters. The van der Waals surface area contributed by atoms with Crippen LogP contribution in [0.2, 0.25) is 0 Å². The highest BCUT2D eigenvalue weighted by molar-refractivity contribution is 5.85. The van der Waals surface area contributed by atoms with Crippen LogP contribution in [0.25, 0.3) is 0 Å². The lowest BCUT2D eigenvalue weighted by Gasteiger charge is -2.09. The van der Waals surface area contributed by atoms with E-state index in [-0.39, 0.29) is 12.4 Å². The van der Waals surface area contributed by atoms with Gasteiger partial charge in [0.2, 0.25) is 0 Å². The highest BCUT2D eigenvalue weighted by Crippen LogP contribution is 2.20. The maximum atomic E-state index is 9.04. The Balaban J connectivity index is 0.00000144. The summed E-state index contributed by atoms with van der Waals surface area (Å²) in [6, 6.07) is 7.30. The summed E-state index contributed by atoms with van der Waals surface area (Å²) in [6.45, 7) is 2.85. The number of hydrogen-bond donors (Lipinski definition) is 2. The molecule has 0 spiro atoms. The Morgan fingerprint density at radius 3 is 2.31 bits per heavy atom. The van der Waals surface area contributed by atoms with Crippen LogP contribution in [0.1, 0.15) is 24.8 Å².